The van der Waals surface area contributed by atoms with E-state index in [1.54, 1.807) is 0 Å². The van der Waals surface area contributed by atoms with Gasteiger partial charge in [0.1, 0.15) is 5.60 Å². The Balaban J connectivity index is 1.41. The number of rotatable bonds is 4. The highest BCUT2D eigenvalue weighted by molar-refractivity contribution is 5.94. The molecule has 0 atom stereocenters. The first-order valence-corrected chi connectivity index (χ1v) is 10.7. The van der Waals surface area contributed by atoms with Crippen LogP contribution in [0.25, 0.3) is 0 Å². The van der Waals surface area contributed by atoms with Crippen molar-refractivity contribution in [1.82, 2.24) is 9.80 Å². The normalized spacial score (nSPS) is 18.4. The number of ether oxygens (including phenoxy) is 1. The number of aryl methyl sites for hydroxylation is 1. The number of carbonyl (C=O) groups is 2. The Hall–Kier alpha value is -2.04. The van der Waals surface area contributed by atoms with Gasteiger partial charge >= 0.3 is 6.09 Å². The molecule has 2 fully saturated rings. The van der Waals surface area contributed by atoms with Gasteiger partial charge in [0.15, 0.2) is 0 Å². The van der Waals surface area contributed by atoms with Crippen LogP contribution in [0.5, 0.6) is 0 Å². The summed E-state index contributed by atoms with van der Waals surface area (Å²) in [6.07, 6.45) is 6.27. The first-order valence-electron chi connectivity index (χ1n) is 10.7. The fourth-order valence-electron chi connectivity index (χ4n) is 4.02. The van der Waals surface area contributed by atoms with Crippen LogP contribution in [0.4, 0.5) is 4.79 Å². The molecule has 0 bridgehead atoms. The molecule has 5 nitrogen and oxygen atoms in total. The van der Waals surface area contributed by atoms with Crippen LogP contribution >= 0.6 is 0 Å². The number of amides is 2. The van der Waals surface area contributed by atoms with Crippen LogP contribution in [-0.2, 0) is 11.2 Å². The van der Waals surface area contributed by atoms with E-state index in [2.05, 4.69) is 12.1 Å². The molecule has 5 heteroatoms. The zero-order valence-corrected chi connectivity index (χ0v) is 17.6. The van der Waals surface area contributed by atoms with Crippen molar-refractivity contribution in [1.29, 1.82) is 0 Å². The molecule has 0 aliphatic carbocycles. The smallest absolute Gasteiger partial charge is 0.410 e. The highest BCUT2D eigenvalue weighted by Gasteiger charge is 2.26. The lowest BCUT2D eigenvalue weighted by molar-refractivity contribution is 0.0181. The third kappa shape index (κ3) is 5.73. The molecule has 0 spiro atoms. The minimum atomic E-state index is -0.434. The van der Waals surface area contributed by atoms with Crippen LogP contribution in [0.15, 0.2) is 24.3 Å². The van der Waals surface area contributed by atoms with E-state index in [0.717, 1.165) is 70.3 Å². The van der Waals surface area contributed by atoms with Crippen molar-refractivity contribution in [3.63, 3.8) is 0 Å². The van der Waals surface area contributed by atoms with Crippen molar-refractivity contribution in [2.45, 2.75) is 64.9 Å². The van der Waals surface area contributed by atoms with E-state index in [9.17, 15) is 9.59 Å². The van der Waals surface area contributed by atoms with Gasteiger partial charge in [-0.2, -0.15) is 0 Å². The lowest BCUT2D eigenvalue weighted by Gasteiger charge is -2.33. The molecular formula is C23H34N2O3. The summed E-state index contributed by atoms with van der Waals surface area (Å²) in [6, 6.07) is 8.14. The van der Waals surface area contributed by atoms with Gasteiger partial charge in [0.25, 0.3) is 5.91 Å². The average Bonchev–Trinajstić information content (AvgIpc) is 3.20. The highest BCUT2D eigenvalue weighted by atomic mass is 16.6. The number of hydrogen-bond acceptors (Lipinski definition) is 3. The van der Waals surface area contributed by atoms with E-state index in [1.165, 1.54) is 5.56 Å². The van der Waals surface area contributed by atoms with Gasteiger partial charge in [-0.25, -0.2) is 4.79 Å². The van der Waals surface area contributed by atoms with E-state index >= 15 is 0 Å². The van der Waals surface area contributed by atoms with Crippen LogP contribution in [-0.4, -0.2) is 53.6 Å². The quantitative estimate of drug-likeness (QED) is 0.765. The number of hydrogen-bond donors (Lipinski definition) is 0. The molecule has 28 heavy (non-hydrogen) atoms. The Morgan fingerprint density at radius 1 is 0.964 bits per heavy atom. The summed E-state index contributed by atoms with van der Waals surface area (Å²) >= 11 is 0. The van der Waals surface area contributed by atoms with Crippen molar-refractivity contribution >= 4 is 12.0 Å². The second-order valence-electron chi connectivity index (χ2n) is 9.15. The van der Waals surface area contributed by atoms with Gasteiger partial charge in [-0.05, 0) is 82.9 Å². The van der Waals surface area contributed by atoms with Crippen LogP contribution in [0.1, 0.15) is 68.8 Å². The molecule has 0 unspecified atom stereocenters. The molecule has 154 valence electrons. The molecule has 2 saturated heterocycles. The topological polar surface area (TPSA) is 49.9 Å². The molecule has 2 aliphatic rings. The van der Waals surface area contributed by atoms with Crippen LogP contribution in [0, 0.1) is 5.92 Å². The molecule has 0 saturated carbocycles. The SMILES string of the molecule is CC(C)(C)OC(=O)N1CCC(CCc2ccc(C(=O)N3CCCC3)cc2)CC1. The van der Waals surface area contributed by atoms with Crippen molar-refractivity contribution in [2.75, 3.05) is 26.2 Å². The predicted molar refractivity (Wildman–Crippen MR) is 110 cm³/mol. The molecular weight excluding hydrogens is 352 g/mol. The zero-order chi connectivity index (χ0) is 20.1. The molecule has 3 rings (SSSR count). The van der Waals surface area contributed by atoms with Crippen LogP contribution in [0.2, 0.25) is 0 Å². The predicted octanol–water partition coefficient (Wildman–Crippen LogP) is 4.50. The van der Waals surface area contributed by atoms with E-state index in [1.807, 2.05) is 42.7 Å². The summed E-state index contributed by atoms with van der Waals surface area (Å²) in [5.41, 5.74) is 1.65. The Kier molecular flexibility index (Phi) is 6.63. The molecule has 2 heterocycles. The van der Waals surface area contributed by atoms with Crippen LogP contribution in [0.3, 0.4) is 0 Å². The second-order valence-corrected chi connectivity index (χ2v) is 9.15. The van der Waals surface area contributed by atoms with Crippen molar-refractivity contribution in [2.24, 2.45) is 5.92 Å². The number of benzene rings is 1. The maximum Gasteiger partial charge on any atom is 0.410 e. The van der Waals surface area contributed by atoms with E-state index < -0.39 is 5.60 Å². The number of likely N-dealkylation sites (tertiary alicyclic amines) is 2. The standard InChI is InChI=1S/C23H34N2O3/c1-23(2,3)28-22(27)25-16-12-19(13-17-25)7-6-18-8-10-20(11-9-18)21(26)24-14-4-5-15-24/h8-11,19H,4-7,12-17H2,1-3H3. The third-order valence-electron chi connectivity index (χ3n) is 5.70. The summed E-state index contributed by atoms with van der Waals surface area (Å²) in [5, 5.41) is 0. The Morgan fingerprint density at radius 2 is 1.57 bits per heavy atom. The van der Waals surface area contributed by atoms with Crippen molar-refractivity contribution in [3.8, 4) is 0 Å². The summed E-state index contributed by atoms with van der Waals surface area (Å²) < 4.78 is 5.47. The van der Waals surface area contributed by atoms with Crippen LogP contribution < -0.4 is 0 Å². The lowest BCUT2D eigenvalue weighted by Crippen LogP contribution is -2.41. The third-order valence-corrected chi connectivity index (χ3v) is 5.70. The van der Waals surface area contributed by atoms with Gasteiger partial charge in [-0.15, -0.1) is 0 Å². The Labute approximate surface area is 169 Å². The molecule has 2 amide bonds. The monoisotopic (exact) mass is 386 g/mol. The number of carbonyl (C=O) groups excluding carboxylic acids is 2. The Morgan fingerprint density at radius 3 is 2.14 bits per heavy atom. The van der Waals surface area contributed by atoms with E-state index in [0.29, 0.717) is 5.92 Å². The Bertz CT molecular complexity index is 664. The minimum absolute atomic E-state index is 0.165. The van der Waals surface area contributed by atoms with Gasteiger partial charge in [-0.3, -0.25) is 4.79 Å². The van der Waals surface area contributed by atoms with E-state index in [4.69, 9.17) is 4.74 Å². The maximum absolute atomic E-state index is 12.4. The van der Waals surface area contributed by atoms with Gasteiger partial charge in [0.2, 0.25) is 0 Å². The maximum atomic E-state index is 12.4. The zero-order valence-electron chi connectivity index (χ0n) is 17.6. The minimum Gasteiger partial charge on any atom is -0.444 e. The second kappa shape index (κ2) is 8.97. The van der Waals surface area contributed by atoms with Crippen molar-refractivity contribution < 1.29 is 14.3 Å². The molecule has 1 aromatic rings. The molecule has 2 aliphatic heterocycles. The summed E-state index contributed by atoms with van der Waals surface area (Å²) in [6.45, 7) is 9.06. The van der Waals surface area contributed by atoms with Gasteiger partial charge < -0.3 is 14.5 Å². The summed E-state index contributed by atoms with van der Waals surface area (Å²) in [5.74, 6) is 0.808. The average molecular weight is 387 g/mol. The summed E-state index contributed by atoms with van der Waals surface area (Å²) in [4.78, 5) is 28.4. The fraction of sp³-hybridized carbons (Fsp3) is 0.652. The summed E-state index contributed by atoms with van der Waals surface area (Å²) in [7, 11) is 0. The first kappa shape index (κ1) is 20.7. The van der Waals surface area contributed by atoms with Gasteiger partial charge in [-0.1, -0.05) is 12.1 Å². The molecule has 0 N–H and O–H groups in total. The van der Waals surface area contributed by atoms with Gasteiger partial charge in [0, 0.05) is 31.7 Å². The molecule has 0 aromatic heterocycles. The molecule has 1 aromatic carbocycles. The fourth-order valence-corrected chi connectivity index (χ4v) is 4.02. The molecule has 0 radical (unpaired) electrons. The number of piperidine rings is 1. The van der Waals surface area contributed by atoms with E-state index in [-0.39, 0.29) is 12.0 Å². The van der Waals surface area contributed by atoms with Gasteiger partial charge in [0.05, 0.1) is 0 Å². The first-order chi connectivity index (χ1) is 13.3. The van der Waals surface area contributed by atoms with Crippen molar-refractivity contribution in [3.05, 3.63) is 35.4 Å². The lowest BCUT2D eigenvalue weighted by atomic mass is 9.90. The highest BCUT2D eigenvalue weighted by Crippen LogP contribution is 2.24. The largest absolute Gasteiger partial charge is 0.444 e. The number of nitrogens with zero attached hydrogens (tertiary/aromatic N) is 2.